The molecule has 8 nitrogen and oxygen atoms in total. The molecular weight excluding hydrogens is 526 g/mol. The van der Waals surface area contributed by atoms with Crippen molar-refractivity contribution in [2.75, 3.05) is 28.4 Å². The molecule has 3 rings (SSSR count). The Hall–Kier alpha value is -1.69. The van der Waals surface area contributed by atoms with Crippen molar-refractivity contribution in [2.24, 2.45) is 0 Å². The van der Waals surface area contributed by atoms with Gasteiger partial charge in [-0.2, -0.15) is 0 Å². The number of ether oxygens (including phenoxy) is 4. The van der Waals surface area contributed by atoms with Crippen molar-refractivity contribution < 1.29 is 38.7 Å². The fourth-order valence-electron chi connectivity index (χ4n) is 5.58. The van der Waals surface area contributed by atoms with Gasteiger partial charge in [-0.1, -0.05) is 0 Å². The topological polar surface area (TPSA) is 112 Å². The van der Waals surface area contributed by atoms with Gasteiger partial charge in [-0.25, -0.2) is 0 Å². The van der Waals surface area contributed by atoms with Crippen LogP contribution in [0.4, 0.5) is 0 Å². The van der Waals surface area contributed by atoms with Gasteiger partial charge in [0.05, 0.1) is 0 Å². The van der Waals surface area contributed by atoms with Crippen molar-refractivity contribution in [3.05, 3.63) is 32.8 Å². The summed E-state index contributed by atoms with van der Waals surface area (Å²) < 4.78 is 21.1. The maximum absolute atomic E-state index is 13.1. The summed E-state index contributed by atoms with van der Waals surface area (Å²) in [5.74, 6) is -2.23. The first-order valence-electron chi connectivity index (χ1n) is 11.8. The number of carbonyl (C=O) groups excluding carboxylic acids is 2. The second-order valence-corrected chi connectivity index (χ2v) is 18.1. The summed E-state index contributed by atoms with van der Waals surface area (Å²) in [7, 11) is 5.18. The predicted octanol–water partition coefficient (Wildman–Crippen LogP) is 4.69. The quantitative estimate of drug-likeness (QED) is 0.208. The molecule has 3 aliphatic rings. The van der Waals surface area contributed by atoms with Gasteiger partial charge in [0, 0.05) is 0 Å². The monoisotopic (exact) mass is 563 g/mol. The van der Waals surface area contributed by atoms with Crippen molar-refractivity contribution in [3.8, 4) is 0 Å². The van der Waals surface area contributed by atoms with Crippen LogP contribution in [0.25, 0.3) is 0 Å². The van der Waals surface area contributed by atoms with E-state index >= 15 is 0 Å². The van der Waals surface area contributed by atoms with E-state index in [4.69, 9.17) is 18.9 Å². The molecule has 1 heterocycles. The summed E-state index contributed by atoms with van der Waals surface area (Å²) in [4.78, 5) is 26.2. The first-order chi connectivity index (χ1) is 16.4. The molecule has 2 aliphatic carbocycles. The van der Waals surface area contributed by atoms with Gasteiger partial charge < -0.3 is 0 Å². The van der Waals surface area contributed by atoms with E-state index in [1.165, 1.54) is 28.4 Å². The van der Waals surface area contributed by atoms with Gasteiger partial charge in [-0.15, -0.1) is 0 Å². The van der Waals surface area contributed by atoms with Crippen molar-refractivity contribution in [1.82, 2.24) is 0 Å². The normalized spacial score (nSPS) is 24.6. The fourth-order valence-corrected chi connectivity index (χ4v) is 20.7. The van der Waals surface area contributed by atoms with Crippen LogP contribution >= 0.6 is 5.51 Å². The zero-order valence-electron chi connectivity index (χ0n) is 20.4. The first-order valence-corrected chi connectivity index (χ1v) is 16.8. The van der Waals surface area contributed by atoms with Gasteiger partial charge in [0.2, 0.25) is 0 Å². The molecule has 190 valence electrons. The van der Waals surface area contributed by atoms with Crippen molar-refractivity contribution in [2.45, 2.75) is 75.5 Å². The molecule has 2 saturated carbocycles. The Bertz CT molecular complexity index is 930. The maximum atomic E-state index is 13.1. The number of aliphatic hydroxyl groups excluding tert-OH is 2. The molecule has 0 amide bonds. The molecule has 0 aromatic heterocycles. The van der Waals surface area contributed by atoms with E-state index in [1.807, 2.05) is 0 Å². The van der Waals surface area contributed by atoms with E-state index in [2.05, 4.69) is 0 Å². The van der Waals surface area contributed by atoms with Gasteiger partial charge in [-0.05, 0) is 0 Å². The molecule has 2 fully saturated rings. The van der Waals surface area contributed by atoms with Gasteiger partial charge in [0.25, 0.3) is 0 Å². The molecule has 1 aliphatic heterocycles. The molecule has 0 radical (unpaired) electrons. The summed E-state index contributed by atoms with van der Waals surface area (Å²) >= 11 is -0.493. The Morgan fingerprint density at radius 2 is 1.21 bits per heavy atom. The molecular formula is C24H36O8PSe+. The molecule has 10 heteroatoms. The molecule has 34 heavy (non-hydrogen) atoms. The second-order valence-electron chi connectivity index (χ2n) is 8.81. The van der Waals surface area contributed by atoms with E-state index in [-0.39, 0.29) is 32.9 Å². The Morgan fingerprint density at radius 3 is 1.62 bits per heavy atom. The Labute approximate surface area is 206 Å². The minimum absolute atomic E-state index is 0.0201. The number of esters is 2. The molecule has 0 bridgehead atoms. The van der Waals surface area contributed by atoms with Crippen LogP contribution in [0.5, 0.6) is 0 Å². The summed E-state index contributed by atoms with van der Waals surface area (Å²) in [6, 6.07) is 0. The van der Waals surface area contributed by atoms with E-state index < -0.39 is 37.4 Å². The molecule has 0 saturated heterocycles. The average Bonchev–Trinajstić information content (AvgIpc) is 2.90. The van der Waals surface area contributed by atoms with Crippen LogP contribution in [-0.2, 0) is 28.5 Å². The Balaban J connectivity index is 2.54. The molecule has 2 N–H and O–H groups in total. The van der Waals surface area contributed by atoms with Crippen LogP contribution in [-0.4, -0.2) is 76.0 Å². The molecule has 0 aromatic carbocycles. The Kier molecular flexibility index (Phi) is 9.36. The summed E-state index contributed by atoms with van der Waals surface area (Å²) in [6.45, 7) is 0. The zero-order chi connectivity index (χ0) is 24.9. The third kappa shape index (κ3) is 4.84. The Morgan fingerprint density at radius 1 is 0.735 bits per heavy atom. The molecule has 0 spiro atoms. The number of rotatable bonds is 6. The number of hydrogen-bond acceptors (Lipinski definition) is 8. The number of carbonyl (C=O) groups is 2. The van der Waals surface area contributed by atoms with Crippen molar-refractivity contribution in [1.29, 1.82) is 0 Å². The van der Waals surface area contributed by atoms with Gasteiger partial charge in [-0.3, -0.25) is 0 Å². The number of aliphatic hydroxyl groups is 2. The molecule has 0 unspecified atom stereocenters. The van der Waals surface area contributed by atoms with Crippen LogP contribution in [0.15, 0.2) is 32.8 Å². The third-order valence-corrected chi connectivity index (χ3v) is 20.6. The van der Waals surface area contributed by atoms with Crippen LogP contribution in [0, 0.1) is 0 Å². The summed E-state index contributed by atoms with van der Waals surface area (Å²) in [5.41, 5.74) is -1.92. The van der Waals surface area contributed by atoms with Crippen LogP contribution < -0.4 is 0 Å². The standard InChI is InChI=1S/C24H35O8PSe/c1-29-21(25)17-18(22(26)30-2)20(24(28)32-4)34-33(19(17)23(27)31-3,15-11-7-5-8-12-15)16-13-9-6-10-14-16/h15-16H,5-14H2,1-4H3,(H-,25,26,27,28)/p+1. The van der Waals surface area contributed by atoms with Crippen LogP contribution in [0.3, 0.4) is 0 Å². The second kappa shape index (κ2) is 11.8. The van der Waals surface area contributed by atoms with Gasteiger partial charge in [0.1, 0.15) is 0 Å². The zero-order valence-corrected chi connectivity index (χ0v) is 23.0. The molecule has 0 atom stereocenters. The van der Waals surface area contributed by atoms with Crippen LogP contribution in [0.2, 0.25) is 0 Å². The van der Waals surface area contributed by atoms with Gasteiger partial charge >= 0.3 is 207 Å². The fraction of sp³-hybridized carbons (Fsp3) is 0.667. The summed E-state index contributed by atoms with van der Waals surface area (Å²) in [5, 5.41) is 22.7. The van der Waals surface area contributed by atoms with E-state index in [0.29, 0.717) is 5.31 Å². The van der Waals surface area contributed by atoms with E-state index in [1.54, 1.807) is 0 Å². The van der Waals surface area contributed by atoms with Gasteiger partial charge in [0.15, 0.2) is 0 Å². The average molecular weight is 562 g/mol. The predicted molar refractivity (Wildman–Crippen MR) is 131 cm³/mol. The third-order valence-electron chi connectivity index (χ3n) is 7.10. The number of methoxy groups -OCH3 is 4. The van der Waals surface area contributed by atoms with Crippen molar-refractivity contribution >= 4 is 31.5 Å². The van der Waals surface area contributed by atoms with E-state index in [9.17, 15) is 19.8 Å². The van der Waals surface area contributed by atoms with Crippen LogP contribution in [0.1, 0.15) is 64.2 Å². The minimum atomic E-state index is -2.36. The first kappa shape index (κ1) is 26.9. The SMILES string of the molecule is COC(=O)C1=C(C(=O)OC)C(=C(/O)OC)/C(=C(/O)OC)P(C2CCCCC2)(C2CCCCC2)=[Se+]1. The number of allylic oxidation sites excluding steroid dienone is 1. The summed E-state index contributed by atoms with van der Waals surface area (Å²) in [6.07, 6.45) is 10.5. The number of hydrogen-bond donors (Lipinski definition) is 2. The van der Waals surface area contributed by atoms with Crippen molar-refractivity contribution in [3.63, 3.8) is 0 Å². The molecule has 0 aromatic rings. The van der Waals surface area contributed by atoms with E-state index in [0.717, 1.165) is 64.2 Å².